The number of halogens is 1. The maximum Gasteiger partial charge on any atom is 0.349 e. The molecule has 0 aliphatic heterocycles. The molecule has 0 aromatic carbocycles. The van der Waals surface area contributed by atoms with Gasteiger partial charge >= 0.3 is 5.97 Å². The minimum absolute atomic E-state index is 0.000519. The first-order valence-corrected chi connectivity index (χ1v) is 6.23. The third-order valence-corrected chi connectivity index (χ3v) is 3.63. The highest BCUT2D eigenvalue weighted by molar-refractivity contribution is 7.18. The minimum atomic E-state index is -1.08. The molecule has 1 unspecified atom stereocenters. The molecule has 0 amide bonds. The van der Waals surface area contributed by atoms with Crippen molar-refractivity contribution < 1.29 is 9.90 Å². The summed E-state index contributed by atoms with van der Waals surface area (Å²) in [4.78, 5) is 16.7. The van der Waals surface area contributed by atoms with E-state index in [9.17, 15) is 4.79 Å². The van der Waals surface area contributed by atoms with Crippen molar-refractivity contribution in [3.63, 3.8) is 0 Å². The van der Waals surface area contributed by atoms with Gasteiger partial charge in [-0.1, -0.05) is 22.9 Å². The van der Waals surface area contributed by atoms with Crippen LogP contribution in [0.3, 0.4) is 0 Å². The van der Waals surface area contributed by atoms with E-state index in [1.54, 1.807) is 6.92 Å². The maximum atomic E-state index is 10.8. The molecule has 0 bridgehead atoms. The average molecular weight is 274 g/mol. The predicted octanol–water partition coefficient (Wildman–Crippen LogP) is 2.48. The van der Waals surface area contributed by atoms with Gasteiger partial charge in [0.05, 0.1) is 12.0 Å². The van der Waals surface area contributed by atoms with Gasteiger partial charge in [-0.25, -0.2) is 9.78 Å². The Kier molecular flexibility index (Phi) is 4.73. The minimum Gasteiger partial charge on any atom is -0.477 e. The Bertz CT molecular complexity index is 455. The Morgan fingerprint density at radius 3 is 2.82 bits per heavy atom. The van der Waals surface area contributed by atoms with Gasteiger partial charge in [0.2, 0.25) is 0 Å². The van der Waals surface area contributed by atoms with Gasteiger partial charge in [0, 0.05) is 13.1 Å². The van der Waals surface area contributed by atoms with E-state index in [2.05, 4.69) is 11.1 Å². The topological polar surface area (TPSA) is 77.2 Å². The summed E-state index contributed by atoms with van der Waals surface area (Å²) < 4.78 is 0. The molecule has 0 saturated heterocycles. The predicted molar refractivity (Wildman–Crippen MR) is 66.7 cm³/mol. The lowest BCUT2D eigenvalue weighted by atomic mass is 10.2. The first-order valence-electron chi connectivity index (χ1n) is 5.03. The van der Waals surface area contributed by atoms with Crippen LogP contribution in [-0.2, 0) is 0 Å². The summed E-state index contributed by atoms with van der Waals surface area (Å²) in [6, 6.07) is 2.13. The van der Waals surface area contributed by atoms with Gasteiger partial charge in [0.25, 0.3) is 0 Å². The van der Waals surface area contributed by atoms with Crippen molar-refractivity contribution in [2.45, 2.75) is 13.8 Å². The molecule has 1 atom stereocenters. The fourth-order valence-corrected chi connectivity index (χ4v) is 2.47. The van der Waals surface area contributed by atoms with Crippen LogP contribution in [0, 0.1) is 17.2 Å². The molecule has 0 spiro atoms. The maximum absolute atomic E-state index is 10.8. The first kappa shape index (κ1) is 13.7. The highest BCUT2D eigenvalue weighted by Gasteiger charge is 2.19. The number of carbonyl (C=O) groups is 1. The van der Waals surface area contributed by atoms with Crippen LogP contribution >= 0.6 is 22.9 Å². The van der Waals surface area contributed by atoms with E-state index >= 15 is 0 Å². The molecule has 0 saturated carbocycles. The van der Waals surface area contributed by atoms with Gasteiger partial charge in [-0.15, -0.1) is 0 Å². The summed E-state index contributed by atoms with van der Waals surface area (Å²) in [7, 11) is 0. The smallest absolute Gasteiger partial charge is 0.349 e. The molecule has 5 nitrogen and oxygen atoms in total. The lowest BCUT2D eigenvalue weighted by Gasteiger charge is -2.20. The number of hydrogen-bond acceptors (Lipinski definition) is 5. The van der Waals surface area contributed by atoms with Gasteiger partial charge in [0.15, 0.2) is 15.2 Å². The van der Waals surface area contributed by atoms with Gasteiger partial charge in [-0.2, -0.15) is 5.26 Å². The standard InChI is InChI=1S/C10H12ClN3O2S/c1-3-14(5-6(2)4-12)10-13-8(11)7(17-10)9(15)16/h6H,3,5H2,1-2H3,(H,15,16). The summed E-state index contributed by atoms with van der Waals surface area (Å²) in [6.07, 6.45) is 0. The molecule has 17 heavy (non-hydrogen) atoms. The molecule has 1 heterocycles. The number of aromatic nitrogens is 1. The third-order valence-electron chi connectivity index (χ3n) is 2.14. The third kappa shape index (κ3) is 3.32. The summed E-state index contributed by atoms with van der Waals surface area (Å²) in [5.74, 6) is -1.23. The highest BCUT2D eigenvalue weighted by Crippen LogP contribution is 2.29. The number of carboxylic acid groups (broad SMARTS) is 1. The molecule has 1 rings (SSSR count). The second-order valence-corrected chi connectivity index (χ2v) is 4.83. The average Bonchev–Trinajstić information content (AvgIpc) is 2.67. The van der Waals surface area contributed by atoms with Crippen LogP contribution in [0.4, 0.5) is 5.13 Å². The van der Waals surface area contributed by atoms with Crippen molar-refractivity contribution in [1.82, 2.24) is 4.98 Å². The van der Waals surface area contributed by atoms with Crippen LogP contribution in [0.1, 0.15) is 23.5 Å². The largest absolute Gasteiger partial charge is 0.477 e. The molecule has 1 aromatic rings. The zero-order valence-corrected chi connectivity index (χ0v) is 11.0. The number of hydrogen-bond donors (Lipinski definition) is 1. The highest BCUT2D eigenvalue weighted by atomic mass is 35.5. The molecule has 1 N–H and O–H groups in total. The van der Waals surface area contributed by atoms with E-state index in [1.807, 2.05) is 11.8 Å². The Labute approximate surface area is 108 Å². The number of nitriles is 1. The van der Waals surface area contributed by atoms with Crippen LogP contribution in [0.15, 0.2) is 0 Å². The molecule has 92 valence electrons. The summed E-state index contributed by atoms with van der Waals surface area (Å²) in [5.41, 5.74) is 0. The quantitative estimate of drug-likeness (QED) is 0.892. The second kappa shape index (κ2) is 5.84. The van der Waals surface area contributed by atoms with Crippen molar-refractivity contribution in [3.8, 4) is 6.07 Å². The molecular weight excluding hydrogens is 262 g/mol. The molecule has 0 aliphatic rings. The second-order valence-electron chi connectivity index (χ2n) is 3.49. The Morgan fingerprint density at radius 1 is 1.76 bits per heavy atom. The monoisotopic (exact) mass is 273 g/mol. The van der Waals surface area contributed by atoms with E-state index in [0.29, 0.717) is 18.2 Å². The molecule has 0 fully saturated rings. The summed E-state index contributed by atoms with van der Waals surface area (Å²) in [5, 5.41) is 18.2. The lowest BCUT2D eigenvalue weighted by molar-refractivity contribution is 0.0702. The molecule has 0 radical (unpaired) electrons. The van der Waals surface area contributed by atoms with Crippen LogP contribution in [-0.4, -0.2) is 29.1 Å². The molecule has 0 aliphatic carbocycles. The SMILES string of the molecule is CCN(CC(C)C#N)c1nc(Cl)c(C(=O)O)s1. The number of carboxylic acids is 1. The van der Waals surface area contributed by atoms with Gasteiger partial charge in [-0.05, 0) is 13.8 Å². The van der Waals surface area contributed by atoms with Crippen LogP contribution < -0.4 is 4.90 Å². The normalized spacial score (nSPS) is 11.9. The molecule has 7 heteroatoms. The van der Waals surface area contributed by atoms with Crippen LogP contribution in [0.25, 0.3) is 0 Å². The van der Waals surface area contributed by atoms with Crippen molar-refractivity contribution in [1.29, 1.82) is 5.26 Å². The molecule has 1 aromatic heterocycles. The van der Waals surface area contributed by atoms with Crippen LogP contribution in [0.5, 0.6) is 0 Å². The van der Waals surface area contributed by atoms with Gasteiger partial charge in [0.1, 0.15) is 0 Å². The van der Waals surface area contributed by atoms with E-state index in [1.165, 1.54) is 0 Å². The summed E-state index contributed by atoms with van der Waals surface area (Å²) in [6.45, 7) is 4.88. The zero-order chi connectivity index (χ0) is 13.0. The Hall–Kier alpha value is -1.32. The van der Waals surface area contributed by atoms with Crippen molar-refractivity contribution in [3.05, 3.63) is 10.0 Å². The van der Waals surface area contributed by atoms with Crippen molar-refractivity contribution in [2.24, 2.45) is 5.92 Å². The van der Waals surface area contributed by atoms with Crippen LogP contribution in [0.2, 0.25) is 5.15 Å². The number of aromatic carboxylic acids is 1. The zero-order valence-electron chi connectivity index (χ0n) is 9.47. The van der Waals surface area contributed by atoms with Gasteiger partial charge < -0.3 is 10.0 Å². The summed E-state index contributed by atoms with van der Waals surface area (Å²) >= 11 is 6.76. The number of nitrogens with zero attached hydrogens (tertiary/aromatic N) is 3. The number of rotatable bonds is 5. The Balaban J connectivity index is 2.94. The number of anilines is 1. The van der Waals surface area contributed by atoms with E-state index in [-0.39, 0.29) is 15.9 Å². The van der Waals surface area contributed by atoms with E-state index in [0.717, 1.165) is 11.3 Å². The van der Waals surface area contributed by atoms with E-state index < -0.39 is 5.97 Å². The molecular formula is C10H12ClN3O2S. The number of thiazole rings is 1. The first-order chi connectivity index (χ1) is 7.99. The van der Waals surface area contributed by atoms with Crippen molar-refractivity contribution >= 4 is 34.0 Å². The fraction of sp³-hybridized carbons (Fsp3) is 0.500. The Morgan fingerprint density at radius 2 is 2.41 bits per heavy atom. The fourth-order valence-electron chi connectivity index (χ4n) is 1.27. The van der Waals surface area contributed by atoms with Gasteiger partial charge in [-0.3, -0.25) is 0 Å². The van der Waals surface area contributed by atoms with E-state index in [4.69, 9.17) is 22.0 Å². The van der Waals surface area contributed by atoms with Crippen molar-refractivity contribution in [2.75, 3.05) is 18.0 Å². The lowest BCUT2D eigenvalue weighted by Crippen LogP contribution is -2.27.